The first-order chi connectivity index (χ1) is 8.67. The van der Waals surface area contributed by atoms with Gasteiger partial charge in [0.25, 0.3) is 0 Å². The first-order valence-corrected chi connectivity index (χ1v) is 5.99. The van der Waals surface area contributed by atoms with Gasteiger partial charge in [-0.3, -0.25) is 0 Å². The minimum absolute atomic E-state index is 0.356. The van der Waals surface area contributed by atoms with E-state index >= 15 is 0 Å². The Bertz CT molecular complexity index is 687. The van der Waals surface area contributed by atoms with E-state index in [-0.39, 0.29) is 0 Å². The Hall–Kier alpha value is -1.86. The van der Waals surface area contributed by atoms with Gasteiger partial charge in [-0.15, -0.1) is 0 Å². The molecule has 7 heteroatoms. The number of nitrogens with two attached hydrogens (primary N) is 1. The topological polar surface area (TPSA) is 56.2 Å². The lowest BCUT2D eigenvalue weighted by Crippen LogP contribution is -1.95. The van der Waals surface area contributed by atoms with Crippen LogP contribution in [0.1, 0.15) is 5.01 Å². The number of benzene rings is 1. The van der Waals surface area contributed by atoms with Crippen molar-refractivity contribution in [2.24, 2.45) is 5.73 Å². The predicted octanol–water partition coefficient (Wildman–Crippen LogP) is 2.19. The average Bonchev–Trinajstić information content (AvgIpc) is 2.90. The van der Waals surface area contributed by atoms with Crippen molar-refractivity contribution < 1.29 is 8.78 Å². The van der Waals surface area contributed by atoms with Gasteiger partial charge < -0.3 is 5.73 Å². The van der Waals surface area contributed by atoms with Crippen LogP contribution >= 0.6 is 11.3 Å². The summed E-state index contributed by atoms with van der Waals surface area (Å²) in [4.78, 5) is 4.97. The van der Waals surface area contributed by atoms with Gasteiger partial charge in [0, 0.05) is 12.1 Å². The normalized spacial score (nSPS) is 11.3. The maximum atomic E-state index is 13.1. The Kier molecular flexibility index (Phi) is 2.57. The van der Waals surface area contributed by atoms with Crippen molar-refractivity contribution >= 4 is 16.3 Å². The molecule has 0 saturated heterocycles. The third-order valence-electron chi connectivity index (χ3n) is 2.48. The van der Waals surface area contributed by atoms with Crippen molar-refractivity contribution in [1.82, 2.24) is 14.6 Å². The highest BCUT2D eigenvalue weighted by Crippen LogP contribution is 2.23. The molecule has 2 heterocycles. The SMILES string of the molecule is NCc1nn2cc(-c3ccc(F)c(F)c3)nc2s1. The van der Waals surface area contributed by atoms with Gasteiger partial charge in [-0.25, -0.2) is 18.3 Å². The highest BCUT2D eigenvalue weighted by molar-refractivity contribution is 7.16. The molecule has 0 fully saturated rings. The molecule has 0 bridgehead atoms. The number of rotatable bonds is 2. The summed E-state index contributed by atoms with van der Waals surface area (Å²) in [5.74, 6) is -1.76. The zero-order valence-corrected chi connectivity index (χ0v) is 9.92. The van der Waals surface area contributed by atoms with E-state index in [1.54, 1.807) is 10.7 Å². The summed E-state index contributed by atoms with van der Waals surface area (Å²) in [7, 11) is 0. The predicted molar refractivity (Wildman–Crippen MR) is 64.1 cm³/mol. The second-order valence-corrected chi connectivity index (χ2v) is 4.72. The van der Waals surface area contributed by atoms with Crippen LogP contribution in [-0.2, 0) is 6.54 Å². The number of nitrogens with zero attached hydrogens (tertiary/aromatic N) is 3. The van der Waals surface area contributed by atoms with Crippen LogP contribution in [0.5, 0.6) is 0 Å². The van der Waals surface area contributed by atoms with E-state index in [2.05, 4.69) is 10.1 Å². The molecule has 18 heavy (non-hydrogen) atoms. The Morgan fingerprint density at radius 1 is 1.28 bits per heavy atom. The fourth-order valence-corrected chi connectivity index (χ4v) is 2.37. The molecule has 0 aliphatic heterocycles. The smallest absolute Gasteiger partial charge is 0.212 e. The molecule has 0 spiro atoms. The largest absolute Gasteiger partial charge is 0.324 e. The third kappa shape index (κ3) is 1.77. The van der Waals surface area contributed by atoms with Crippen LogP contribution in [0, 0.1) is 11.6 Å². The molecule has 2 N–H and O–H groups in total. The van der Waals surface area contributed by atoms with Gasteiger partial charge in [-0.2, -0.15) is 5.10 Å². The Morgan fingerprint density at radius 2 is 2.11 bits per heavy atom. The highest BCUT2D eigenvalue weighted by Gasteiger charge is 2.10. The van der Waals surface area contributed by atoms with Crippen molar-refractivity contribution in [3.63, 3.8) is 0 Å². The van der Waals surface area contributed by atoms with Crippen LogP contribution < -0.4 is 5.73 Å². The molecule has 0 atom stereocenters. The van der Waals surface area contributed by atoms with Gasteiger partial charge in [-0.1, -0.05) is 11.3 Å². The van der Waals surface area contributed by atoms with Gasteiger partial charge in [0.15, 0.2) is 11.6 Å². The average molecular weight is 266 g/mol. The molecule has 3 rings (SSSR count). The molecular weight excluding hydrogens is 258 g/mol. The molecule has 0 amide bonds. The van der Waals surface area contributed by atoms with Crippen molar-refractivity contribution in [3.8, 4) is 11.3 Å². The van der Waals surface area contributed by atoms with E-state index in [1.807, 2.05) is 0 Å². The van der Waals surface area contributed by atoms with E-state index in [9.17, 15) is 8.78 Å². The van der Waals surface area contributed by atoms with Crippen molar-refractivity contribution in [2.45, 2.75) is 6.54 Å². The van der Waals surface area contributed by atoms with E-state index < -0.39 is 11.6 Å². The molecule has 0 aliphatic rings. The lowest BCUT2D eigenvalue weighted by atomic mass is 10.1. The second-order valence-electron chi connectivity index (χ2n) is 3.68. The van der Waals surface area contributed by atoms with Gasteiger partial charge in [0.05, 0.1) is 11.9 Å². The molecule has 2 aromatic heterocycles. The lowest BCUT2D eigenvalue weighted by Gasteiger charge is -1.97. The van der Waals surface area contributed by atoms with Gasteiger partial charge >= 0.3 is 0 Å². The maximum absolute atomic E-state index is 13.1. The molecule has 4 nitrogen and oxygen atoms in total. The molecule has 92 valence electrons. The standard InChI is InChI=1S/C11H8F2N4S/c12-7-2-1-6(3-8(7)13)9-5-17-11(15-9)18-10(4-14)16-17/h1-3,5H,4,14H2. The van der Waals surface area contributed by atoms with Crippen molar-refractivity contribution in [1.29, 1.82) is 0 Å². The molecule has 0 radical (unpaired) electrons. The number of fused-ring (bicyclic) bond motifs is 1. The molecule has 0 unspecified atom stereocenters. The summed E-state index contributed by atoms with van der Waals surface area (Å²) in [6.07, 6.45) is 1.66. The van der Waals surface area contributed by atoms with E-state index in [4.69, 9.17) is 5.73 Å². The Morgan fingerprint density at radius 3 is 2.78 bits per heavy atom. The van der Waals surface area contributed by atoms with Gasteiger partial charge in [0.1, 0.15) is 5.01 Å². The number of aromatic nitrogens is 3. The number of hydrogen-bond acceptors (Lipinski definition) is 4. The van der Waals surface area contributed by atoms with E-state index in [0.29, 0.717) is 22.8 Å². The minimum atomic E-state index is -0.889. The number of imidazole rings is 1. The molecule has 0 aliphatic carbocycles. The zero-order valence-electron chi connectivity index (χ0n) is 9.10. The van der Waals surface area contributed by atoms with E-state index in [0.717, 1.165) is 17.1 Å². The minimum Gasteiger partial charge on any atom is -0.324 e. The molecule has 0 saturated carbocycles. The van der Waals surface area contributed by atoms with Crippen LogP contribution in [0.15, 0.2) is 24.4 Å². The maximum Gasteiger partial charge on any atom is 0.212 e. The number of hydrogen-bond donors (Lipinski definition) is 1. The first-order valence-electron chi connectivity index (χ1n) is 5.18. The summed E-state index contributed by atoms with van der Waals surface area (Å²) in [5.41, 5.74) is 6.54. The fraction of sp³-hybridized carbons (Fsp3) is 0.0909. The van der Waals surface area contributed by atoms with E-state index in [1.165, 1.54) is 17.4 Å². The van der Waals surface area contributed by atoms with Crippen molar-refractivity contribution in [2.75, 3.05) is 0 Å². The Balaban J connectivity index is 2.07. The number of halogens is 2. The summed E-state index contributed by atoms with van der Waals surface area (Å²) in [6, 6.07) is 3.68. The summed E-state index contributed by atoms with van der Waals surface area (Å²) < 4.78 is 27.5. The highest BCUT2D eigenvalue weighted by atomic mass is 32.1. The summed E-state index contributed by atoms with van der Waals surface area (Å²) in [5, 5.41) is 4.97. The van der Waals surface area contributed by atoms with Crippen LogP contribution in [-0.4, -0.2) is 14.6 Å². The van der Waals surface area contributed by atoms with Crippen LogP contribution in [0.4, 0.5) is 8.78 Å². The van der Waals surface area contributed by atoms with Crippen LogP contribution in [0.3, 0.4) is 0 Å². The second kappa shape index (κ2) is 4.11. The molecule has 1 aromatic carbocycles. The van der Waals surface area contributed by atoms with Gasteiger partial charge in [0.2, 0.25) is 4.96 Å². The lowest BCUT2D eigenvalue weighted by molar-refractivity contribution is 0.509. The summed E-state index contributed by atoms with van der Waals surface area (Å²) >= 11 is 1.37. The van der Waals surface area contributed by atoms with Gasteiger partial charge in [-0.05, 0) is 18.2 Å². The zero-order chi connectivity index (χ0) is 12.7. The van der Waals surface area contributed by atoms with Crippen molar-refractivity contribution in [3.05, 3.63) is 41.0 Å². The molecule has 3 aromatic rings. The molecular formula is C11H8F2N4S. The van der Waals surface area contributed by atoms with Crippen LogP contribution in [0.2, 0.25) is 0 Å². The monoisotopic (exact) mass is 266 g/mol. The van der Waals surface area contributed by atoms with Crippen LogP contribution in [0.25, 0.3) is 16.2 Å². The quantitative estimate of drug-likeness (QED) is 0.773. The Labute approximate surface area is 105 Å². The first kappa shape index (κ1) is 11.2. The summed E-state index contributed by atoms with van der Waals surface area (Å²) in [6.45, 7) is 0.356. The fourth-order valence-electron chi connectivity index (χ4n) is 1.62. The third-order valence-corrected chi connectivity index (χ3v) is 3.42.